The second-order valence-electron chi connectivity index (χ2n) is 11.3. The third kappa shape index (κ3) is 6.60. The van der Waals surface area contributed by atoms with Crippen molar-refractivity contribution < 1.29 is 45.9 Å². The quantitative estimate of drug-likeness (QED) is 0.535. The molecule has 4 nitrogen and oxygen atoms in total. The molecule has 2 aromatic carbocycles. The van der Waals surface area contributed by atoms with Crippen LogP contribution in [0.25, 0.3) is 0 Å². The van der Waals surface area contributed by atoms with Crippen molar-refractivity contribution in [2.75, 3.05) is 26.2 Å². The van der Waals surface area contributed by atoms with E-state index < -0.39 is 46.9 Å². The monoisotopic (exact) mass is 557 g/mol. The maximum absolute atomic E-state index is 13.6. The van der Waals surface area contributed by atoms with Crippen LogP contribution in [0.1, 0.15) is 67.2 Å². The molecule has 2 aliphatic rings. The fourth-order valence-corrected chi connectivity index (χ4v) is 6.09. The summed E-state index contributed by atoms with van der Waals surface area (Å²) in [5, 5.41) is 11.6. The topological polar surface area (TPSA) is 53.8 Å². The Balaban J connectivity index is 1.65. The Morgan fingerprint density at radius 3 is 2.10 bits per heavy atom. The van der Waals surface area contributed by atoms with Gasteiger partial charge in [0, 0.05) is 48.6 Å². The van der Waals surface area contributed by atoms with Crippen molar-refractivity contribution in [3.05, 3.63) is 70.8 Å². The first-order valence-electron chi connectivity index (χ1n) is 13.2. The number of carboxylic acid groups (broad SMARTS) is 1. The highest BCUT2D eigenvalue weighted by atomic mass is 19.4. The fourth-order valence-electron chi connectivity index (χ4n) is 6.09. The molecule has 2 fully saturated rings. The number of ether oxygens (including phenoxy) is 1. The summed E-state index contributed by atoms with van der Waals surface area (Å²) in [6, 6.07) is 11.1. The Kier molecular flexibility index (Phi) is 8.38. The zero-order valence-electron chi connectivity index (χ0n) is 21.9. The summed E-state index contributed by atoms with van der Waals surface area (Å²) in [4.78, 5) is 12.8. The van der Waals surface area contributed by atoms with Gasteiger partial charge in [0.2, 0.25) is 0 Å². The number of likely N-dealkylation sites (tertiary alicyclic amines) is 1. The number of carbonyl (C=O) groups excluding carboxylic acids is 1. The van der Waals surface area contributed by atoms with E-state index in [1.165, 1.54) is 4.90 Å². The van der Waals surface area contributed by atoms with Gasteiger partial charge in [0.05, 0.1) is 36.9 Å². The Hall–Kier alpha value is -2.59. The number of piperidine rings is 1. The molecule has 0 spiro atoms. The summed E-state index contributed by atoms with van der Waals surface area (Å²) < 4.78 is 87.5. The molecule has 2 aromatic rings. The van der Waals surface area contributed by atoms with E-state index in [0.29, 0.717) is 45.5 Å². The van der Waals surface area contributed by atoms with Crippen molar-refractivity contribution in [3.8, 4) is 0 Å². The van der Waals surface area contributed by atoms with E-state index in [2.05, 4.69) is 0 Å². The average molecular weight is 558 g/mol. The molecule has 214 valence electrons. The zero-order chi connectivity index (χ0) is 28.6. The van der Waals surface area contributed by atoms with Gasteiger partial charge in [-0.05, 0) is 35.7 Å². The van der Waals surface area contributed by atoms with E-state index in [1.54, 1.807) is 13.8 Å². The van der Waals surface area contributed by atoms with Gasteiger partial charge in [-0.3, -0.25) is 0 Å². The van der Waals surface area contributed by atoms with Crippen molar-refractivity contribution in [2.24, 2.45) is 11.3 Å². The van der Waals surface area contributed by atoms with Crippen LogP contribution in [-0.2, 0) is 21.9 Å². The normalized spacial score (nSPS) is 29.1. The van der Waals surface area contributed by atoms with Crippen LogP contribution in [0.4, 0.5) is 26.3 Å². The zero-order valence-corrected chi connectivity index (χ0v) is 21.9. The van der Waals surface area contributed by atoms with Crippen LogP contribution in [0, 0.1) is 11.3 Å². The molecule has 0 amide bonds. The van der Waals surface area contributed by atoms with Crippen LogP contribution in [-0.4, -0.2) is 38.3 Å². The maximum Gasteiger partial charge on any atom is 0.416 e. The lowest BCUT2D eigenvalue weighted by atomic mass is 9.72. The molecule has 0 unspecified atom stereocenters. The van der Waals surface area contributed by atoms with Gasteiger partial charge < -0.3 is 19.5 Å². The van der Waals surface area contributed by atoms with Crippen LogP contribution in [0.2, 0.25) is 0 Å². The molecular weight excluding hydrogens is 524 g/mol. The molecule has 0 saturated carbocycles. The first-order chi connectivity index (χ1) is 18.2. The lowest BCUT2D eigenvalue weighted by Crippen LogP contribution is -3.14. The Bertz CT molecular complexity index is 1110. The second kappa shape index (κ2) is 11.1. The number of aliphatic carboxylic acids is 1. The number of carbonyl (C=O) groups is 1. The number of hydrogen-bond acceptors (Lipinski definition) is 3. The Morgan fingerprint density at radius 2 is 1.59 bits per heavy atom. The lowest BCUT2D eigenvalue weighted by Gasteiger charge is -2.44. The van der Waals surface area contributed by atoms with Crippen molar-refractivity contribution >= 4 is 5.97 Å². The minimum absolute atomic E-state index is 0.0452. The van der Waals surface area contributed by atoms with E-state index in [-0.39, 0.29) is 23.5 Å². The van der Waals surface area contributed by atoms with E-state index in [0.717, 1.165) is 17.7 Å². The number of quaternary nitrogens is 1. The highest BCUT2D eigenvalue weighted by Gasteiger charge is 2.44. The SMILES string of the molecule is C[C@H](c1cc(C(F)(F)F)cc(C(F)(F)F)c1)[C@H]1OCC[C@@H](C[NH+]2CCC(C)(C(=O)[O-])CC2)[C@@H]1c1ccccc1. The van der Waals surface area contributed by atoms with Gasteiger partial charge in [-0.15, -0.1) is 0 Å². The number of hydrogen-bond donors (Lipinski definition) is 1. The van der Waals surface area contributed by atoms with Gasteiger partial charge in [-0.25, -0.2) is 0 Å². The summed E-state index contributed by atoms with van der Waals surface area (Å²) in [7, 11) is 0. The van der Waals surface area contributed by atoms with Gasteiger partial charge in [0.1, 0.15) is 0 Å². The Morgan fingerprint density at radius 1 is 1.03 bits per heavy atom. The van der Waals surface area contributed by atoms with Gasteiger partial charge >= 0.3 is 12.4 Å². The van der Waals surface area contributed by atoms with E-state index in [9.17, 15) is 36.2 Å². The molecule has 2 aliphatic heterocycles. The number of rotatable bonds is 6. The van der Waals surface area contributed by atoms with Gasteiger partial charge in [-0.1, -0.05) is 44.2 Å². The van der Waals surface area contributed by atoms with Crippen LogP contribution < -0.4 is 10.0 Å². The number of nitrogens with one attached hydrogen (secondary N) is 1. The summed E-state index contributed by atoms with van der Waals surface area (Å²) in [6.45, 7) is 5.64. The van der Waals surface area contributed by atoms with Crippen LogP contribution in [0.15, 0.2) is 48.5 Å². The highest BCUT2D eigenvalue weighted by molar-refractivity contribution is 5.71. The molecule has 1 N–H and O–H groups in total. The third-order valence-corrected chi connectivity index (χ3v) is 8.58. The highest BCUT2D eigenvalue weighted by Crippen LogP contribution is 2.44. The Labute approximate surface area is 224 Å². The molecule has 0 aromatic heterocycles. The summed E-state index contributed by atoms with van der Waals surface area (Å²) in [5.41, 5.74) is -2.70. The van der Waals surface area contributed by atoms with Crippen molar-refractivity contribution in [1.82, 2.24) is 0 Å². The van der Waals surface area contributed by atoms with E-state index >= 15 is 0 Å². The standard InChI is InChI=1S/C29H33F6NO3/c1-18(21-14-22(28(30,31)32)16-23(15-21)29(33,34)35)25-24(19-6-4-3-5-7-19)20(8-13-39-25)17-36-11-9-27(2,10-12-36)26(37)38/h3-7,14-16,18,20,24-25H,8-13,17H2,1-2H3,(H,37,38)/t18-,20+,24+,25-/m1/s1. The number of carboxylic acids is 1. The first kappa shape index (κ1) is 29.4. The fraction of sp³-hybridized carbons (Fsp3) is 0.552. The molecule has 0 bridgehead atoms. The van der Waals surface area contributed by atoms with Crippen LogP contribution >= 0.6 is 0 Å². The molecule has 39 heavy (non-hydrogen) atoms. The molecule has 0 aliphatic carbocycles. The minimum atomic E-state index is -4.93. The molecule has 4 rings (SSSR count). The number of alkyl halides is 6. The summed E-state index contributed by atoms with van der Waals surface area (Å²) in [6.07, 6.45) is -8.86. The third-order valence-electron chi connectivity index (χ3n) is 8.58. The van der Waals surface area contributed by atoms with Crippen molar-refractivity contribution in [3.63, 3.8) is 0 Å². The number of benzene rings is 2. The predicted molar refractivity (Wildman–Crippen MR) is 130 cm³/mol. The predicted octanol–water partition coefficient (Wildman–Crippen LogP) is 4.45. The van der Waals surface area contributed by atoms with Crippen molar-refractivity contribution in [2.45, 2.75) is 63.4 Å². The molecule has 10 heteroatoms. The first-order valence-corrected chi connectivity index (χ1v) is 13.2. The summed E-state index contributed by atoms with van der Waals surface area (Å²) in [5.74, 6) is -2.02. The molecular formula is C29H33F6NO3. The summed E-state index contributed by atoms with van der Waals surface area (Å²) >= 11 is 0. The smallest absolute Gasteiger partial charge is 0.416 e. The average Bonchev–Trinajstić information content (AvgIpc) is 2.88. The van der Waals surface area contributed by atoms with Gasteiger partial charge in [0.25, 0.3) is 0 Å². The second-order valence-corrected chi connectivity index (χ2v) is 11.3. The van der Waals surface area contributed by atoms with E-state index in [4.69, 9.17) is 4.74 Å². The van der Waals surface area contributed by atoms with Crippen LogP contribution in [0.3, 0.4) is 0 Å². The van der Waals surface area contributed by atoms with Gasteiger partial charge in [0.15, 0.2) is 0 Å². The molecule has 2 saturated heterocycles. The lowest BCUT2D eigenvalue weighted by molar-refractivity contribution is -0.911. The minimum Gasteiger partial charge on any atom is -0.550 e. The largest absolute Gasteiger partial charge is 0.550 e. The van der Waals surface area contributed by atoms with Crippen molar-refractivity contribution in [1.29, 1.82) is 0 Å². The maximum atomic E-state index is 13.6. The van der Waals surface area contributed by atoms with E-state index in [1.807, 2.05) is 30.3 Å². The molecule has 4 atom stereocenters. The van der Waals surface area contributed by atoms with Crippen LogP contribution in [0.5, 0.6) is 0 Å². The van der Waals surface area contributed by atoms with Gasteiger partial charge in [-0.2, -0.15) is 26.3 Å². The number of halogens is 6. The molecule has 2 heterocycles. The molecule has 0 radical (unpaired) electrons.